The summed E-state index contributed by atoms with van der Waals surface area (Å²) in [6, 6.07) is 12.1. The molecule has 7 heteroatoms. The fourth-order valence-electron chi connectivity index (χ4n) is 4.30. The van der Waals surface area contributed by atoms with E-state index in [9.17, 15) is 14.3 Å². The lowest BCUT2D eigenvalue weighted by Crippen LogP contribution is -2.46. The molecule has 1 atom stereocenters. The topological polar surface area (TPSA) is 77.2 Å². The average Bonchev–Trinajstić information content (AvgIpc) is 3.35. The maximum absolute atomic E-state index is 13.7. The van der Waals surface area contributed by atoms with Gasteiger partial charge in [-0.05, 0) is 68.5 Å². The van der Waals surface area contributed by atoms with Crippen LogP contribution in [0.3, 0.4) is 0 Å². The standard InChI is InChI=1S/C24H22FN3O2S/c1-24(2,3)28(23(29)30)20-10-8-16-17(20)5-4-6-18(16)21-13-27-22(31-21)14-7-9-19(25)15(11-14)12-26/h4-7,9,11,13,20H,8,10H2,1-3H3,(H,29,30)/t20-/m0/s1. The highest BCUT2D eigenvalue weighted by Gasteiger charge is 2.38. The van der Waals surface area contributed by atoms with E-state index in [-0.39, 0.29) is 11.6 Å². The maximum Gasteiger partial charge on any atom is 0.408 e. The lowest BCUT2D eigenvalue weighted by Gasteiger charge is -2.38. The molecule has 1 heterocycles. The summed E-state index contributed by atoms with van der Waals surface area (Å²) in [5.41, 5.74) is 3.42. The van der Waals surface area contributed by atoms with E-state index >= 15 is 0 Å². The van der Waals surface area contributed by atoms with E-state index < -0.39 is 17.4 Å². The molecule has 0 spiro atoms. The van der Waals surface area contributed by atoms with Crippen molar-refractivity contribution >= 4 is 17.4 Å². The predicted molar refractivity (Wildman–Crippen MR) is 118 cm³/mol. The number of aromatic nitrogens is 1. The van der Waals surface area contributed by atoms with Crippen molar-refractivity contribution in [2.45, 2.75) is 45.2 Å². The first kappa shape index (κ1) is 21.0. The van der Waals surface area contributed by atoms with Crippen LogP contribution in [0.1, 0.15) is 49.9 Å². The maximum atomic E-state index is 13.7. The highest BCUT2D eigenvalue weighted by atomic mass is 32.1. The third-order valence-corrected chi connectivity index (χ3v) is 6.66. The van der Waals surface area contributed by atoms with Gasteiger partial charge in [-0.25, -0.2) is 14.2 Å². The Morgan fingerprint density at radius 3 is 2.77 bits per heavy atom. The molecule has 0 saturated heterocycles. The van der Waals surface area contributed by atoms with Crippen LogP contribution in [0.5, 0.6) is 0 Å². The van der Waals surface area contributed by atoms with Crippen molar-refractivity contribution in [3.05, 3.63) is 65.1 Å². The summed E-state index contributed by atoms with van der Waals surface area (Å²) in [6.45, 7) is 5.74. The minimum atomic E-state index is -0.916. The molecule has 0 radical (unpaired) electrons. The molecule has 1 aromatic heterocycles. The first-order chi connectivity index (χ1) is 14.7. The van der Waals surface area contributed by atoms with Gasteiger partial charge in [0, 0.05) is 17.3 Å². The van der Waals surface area contributed by atoms with Gasteiger partial charge in [0.1, 0.15) is 16.9 Å². The summed E-state index contributed by atoms with van der Waals surface area (Å²) < 4.78 is 13.7. The summed E-state index contributed by atoms with van der Waals surface area (Å²) in [6.07, 6.45) is 2.40. The molecule has 1 amide bonds. The van der Waals surface area contributed by atoms with E-state index in [1.54, 1.807) is 17.2 Å². The summed E-state index contributed by atoms with van der Waals surface area (Å²) in [5.74, 6) is -0.545. The SMILES string of the molecule is CC(C)(C)N(C(=O)O)[C@H]1CCc2c(-c3cnc(-c4ccc(F)c(C#N)c4)s3)cccc21. The monoisotopic (exact) mass is 435 g/mol. The van der Waals surface area contributed by atoms with Crippen LogP contribution in [0.15, 0.2) is 42.6 Å². The van der Waals surface area contributed by atoms with Gasteiger partial charge in [-0.3, -0.25) is 4.90 Å². The second-order valence-electron chi connectivity index (χ2n) is 8.59. The normalized spacial score (nSPS) is 15.4. The number of rotatable bonds is 3. The number of benzene rings is 2. The van der Waals surface area contributed by atoms with Crippen LogP contribution in [-0.2, 0) is 6.42 Å². The zero-order valence-electron chi connectivity index (χ0n) is 17.5. The number of carboxylic acid groups (broad SMARTS) is 1. The van der Waals surface area contributed by atoms with Crippen molar-refractivity contribution in [1.82, 2.24) is 9.88 Å². The zero-order valence-corrected chi connectivity index (χ0v) is 18.3. The molecular weight excluding hydrogens is 413 g/mol. The first-order valence-corrected chi connectivity index (χ1v) is 10.8. The molecule has 0 saturated carbocycles. The van der Waals surface area contributed by atoms with Gasteiger partial charge in [0.05, 0.1) is 16.5 Å². The van der Waals surface area contributed by atoms with E-state index in [2.05, 4.69) is 4.98 Å². The van der Waals surface area contributed by atoms with Gasteiger partial charge in [0.25, 0.3) is 0 Å². The van der Waals surface area contributed by atoms with Crippen LogP contribution in [0.4, 0.5) is 9.18 Å². The number of fused-ring (bicyclic) bond motifs is 1. The molecule has 1 aliphatic carbocycles. The number of amides is 1. The summed E-state index contributed by atoms with van der Waals surface area (Å²) in [7, 11) is 0. The van der Waals surface area contributed by atoms with E-state index in [4.69, 9.17) is 5.26 Å². The number of hydrogen-bond donors (Lipinski definition) is 1. The van der Waals surface area contributed by atoms with E-state index in [1.165, 1.54) is 23.5 Å². The molecule has 0 aliphatic heterocycles. The molecule has 0 unspecified atom stereocenters. The van der Waals surface area contributed by atoms with Crippen LogP contribution in [-0.4, -0.2) is 26.6 Å². The van der Waals surface area contributed by atoms with Gasteiger partial charge in [-0.2, -0.15) is 5.26 Å². The number of carbonyl (C=O) groups is 1. The largest absolute Gasteiger partial charge is 0.465 e. The Hall–Kier alpha value is -3.24. The number of nitrogens with zero attached hydrogens (tertiary/aromatic N) is 3. The fraction of sp³-hybridized carbons (Fsp3) is 0.292. The Bertz CT molecular complexity index is 1210. The minimum absolute atomic E-state index is 0.00589. The molecule has 31 heavy (non-hydrogen) atoms. The fourth-order valence-corrected chi connectivity index (χ4v) is 5.26. The molecule has 5 nitrogen and oxygen atoms in total. The minimum Gasteiger partial charge on any atom is -0.465 e. The van der Waals surface area contributed by atoms with Crippen LogP contribution in [0, 0.1) is 17.1 Å². The molecule has 0 bridgehead atoms. The second-order valence-corrected chi connectivity index (χ2v) is 9.62. The van der Waals surface area contributed by atoms with Crippen molar-refractivity contribution in [3.8, 4) is 27.1 Å². The summed E-state index contributed by atoms with van der Waals surface area (Å²) in [5, 5.41) is 19.6. The van der Waals surface area contributed by atoms with E-state index in [0.29, 0.717) is 10.6 Å². The van der Waals surface area contributed by atoms with Crippen molar-refractivity contribution in [2.24, 2.45) is 0 Å². The van der Waals surface area contributed by atoms with Gasteiger partial charge in [-0.1, -0.05) is 18.2 Å². The van der Waals surface area contributed by atoms with E-state index in [0.717, 1.165) is 34.4 Å². The zero-order chi connectivity index (χ0) is 22.3. The average molecular weight is 436 g/mol. The molecule has 2 aromatic carbocycles. The van der Waals surface area contributed by atoms with Crippen molar-refractivity contribution in [2.75, 3.05) is 0 Å². The number of thiazole rings is 1. The lowest BCUT2D eigenvalue weighted by atomic mass is 9.98. The Labute approximate surface area is 184 Å². The van der Waals surface area contributed by atoms with Crippen LogP contribution >= 0.6 is 11.3 Å². The van der Waals surface area contributed by atoms with Crippen molar-refractivity contribution in [3.63, 3.8) is 0 Å². The van der Waals surface area contributed by atoms with Crippen LogP contribution < -0.4 is 0 Å². The first-order valence-electron chi connectivity index (χ1n) is 10.0. The van der Waals surface area contributed by atoms with Crippen LogP contribution in [0.2, 0.25) is 0 Å². The third kappa shape index (κ3) is 3.79. The Kier molecular flexibility index (Phi) is 5.28. The highest BCUT2D eigenvalue weighted by molar-refractivity contribution is 7.18. The summed E-state index contributed by atoms with van der Waals surface area (Å²) >= 11 is 1.48. The molecular formula is C24H22FN3O2S. The Balaban J connectivity index is 1.72. The van der Waals surface area contributed by atoms with E-state index in [1.807, 2.05) is 45.0 Å². The number of nitriles is 1. The van der Waals surface area contributed by atoms with Crippen molar-refractivity contribution in [1.29, 1.82) is 5.26 Å². The Morgan fingerprint density at radius 2 is 2.10 bits per heavy atom. The molecule has 4 rings (SSSR count). The predicted octanol–water partition coefficient (Wildman–Crippen LogP) is 6.25. The molecule has 3 aromatic rings. The van der Waals surface area contributed by atoms with Gasteiger partial charge in [0.15, 0.2) is 0 Å². The molecule has 0 fully saturated rings. The van der Waals surface area contributed by atoms with Gasteiger partial charge in [0.2, 0.25) is 0 Å². The van der Waals surface area contributed by atoms with Gasteiger partial charge < -0.3 is 5.11 Å². The quantitative estimate of drug-likeness (QED) is 0.527. The van der Waals surface area contributed by atoms with Crippen molar-refractivity contribution < 1.29 is 14.3 Å². The Morgan fingerprint density at radius 1 is 1.32 bits per heavy atom. The smallest absolute Gasteiger partial charge is 0.408 e. The number of hydrogen-bond acceptors (Lipinski definition) is 4. The summed E-state index contributed by atoms with van der Waals surface area (Å²) in [4.78, 5) is 19.0. The second kappa shape index (κ2) is 7.78. The van der Waals surface area contributed by atoms with Gasteiger partial charge >= 0.3 is 6.09 Å². The highest BCUT2D eigenvalue weighted by Crippen LogP contribution is 2.44. The van der Waals surface area contributed by atoms with Gasteiger partial charge in [-0.15, -0.1) is 11.3 Å². The lowest BCUT2D eigenvalue weighted by molar-refractivity contribution is 0.0701. The molecule has 1 aliphatic rings. The molecule has 158 valence electrons. The molecule has 1 N–H and O–H groups in total. The third-order valence-electron chi connectivity index (χ3n) is 5.58. The number of halogens is 1. The van der Waals surface area contributed by atoms with Crippen LogP contribution in [0.25, 0.3) is 21.0 Å².